The number of hydrogen-bond donors (Lipinski definition) is 0. The van der Waals surface area contributed by atoms with Crippen LogP contribution in [0.25, 0.3) is 0 Å². The minimum absolute atomic E-state index is 0.0170. The molecule has 7 heteroatoms. The van der Waals surface area contributed by atoms with Gasteiger partial charge in [-0.2, -0.15) is 5.10 Å². The van der Waals surface area contributed by atoms with Gasteiger partial charge in [0.25, 0.3) is 5.91 Å². The van der Waals surface area contributed by atoms with Crippen LogP contribution in [0, 0.1) is 0 Å². The molecule has 0 saturated carbocycles. The lowest BCUT2D eigenvalue weighted by atomic mass is 10.1. The number of carbonyl (C=O) groups is 1. The van der Waals surface area contributed by atoms with Gasteiger partial charge in [-0.05, 0) is 44.0 Å². The van der Waals surface area contributed by atoms with Crippen LogP contribution in [0.4, 0.5) is 0 Å². The van der Waals surface area contributed by atoms with E-state index >= 15 is 0 Å². The van der Waals surface area contributed by atoms with E-state index < -0.39 is 14.6 Å². The first-order valence-electron chi connectivity index (χ1n) is 8.36. The van der Waals surface area contributed by atoms with Crippen LogP contribution in [-0.4, -0.2) is 52.6 Å². The van der Waals surface area contributed by atoms with Gasteiger partial charge in [0.05, 0.1) is 17.0 Å². The fraction of sp³-hybridized carbons (Fsp3) is 0.444. The van der Waals surface area contributed by atoms with Gasteiger partial charge >= 0.3 is 0 Å². The molecule has 1 aliphatic rings. The summed E-state index contributed by atoms with van der Waals surface area (Å²) in [4.78, 5) is 14.4. The van der Waals surface area contributed by atoms with Crippen LogP contribution >= 0.6 is 0 Å². The first kappa shape index (κ1) is 17.7. The van der Waals surface area contributed by atoms with Crippen LogP contribution < -0.4 is 0 Å². The molecule has 3 rings (SSSR count). The maximum Gasteiger partial charge on any atom is 0.253 e. The average molecular weight is 361 g/mol. The Kier molecular flexibility index (Phi) is 4.69. The third kappa shape index (κ3) is 3.76. The Bertz CT molecular complexity index is 840. The van der Waals surface area contributed by atoms with E-state index in [1.54, 1.807) is 37.1 Å². The molecule has 1 fully saturated rings. The minimum atomic E-state index is -3.19. The molecule has 1 aromatic carbocycles. The predicted molar refractivity (Wildman–Crippen MR) is 96.2 cm³/mol. The molecule has 0 N–H and O–H groups in total. The molecule has 2 heterocycles. The lowest BCUT2D eigenvalue weighted by Gasteiger charge is -2.22. The fourth-order valence-electron chi connectivity index (χ4n) is 2.90. The van der Waals surface area contributed by atoms with Crippen molar-refractivity contribution in [3.05, 3.63) is 53.9 Å². The second-order valence-electron chi connectivity index (χ2n) is 7.02. The standard InChI is InChI=1S/C18H23N3O3S/c1-18(2)8-11-20(12-13-25(18,23)24)17(22)16-6-4-15(5-7-16)14-21-10-3-9-19-21/h3-7,9-10H,8,11-14H2,1-2H3. The van der Waals surface area contributed by atoms with Gasteiger partial charge in [-0.25, -0.2) is 8.42 Å². The fourth-order valence-corrected chi connectivity index (χ4v) is 4.31. The monoisotopic (exact) mass is 361 g/mol. The van der Waals surface area contributed by atoms with Gasteiger partial charge in [0.1, 0.15) is 0 Å². The van der Waals surface area contributed by atoms with Crippen molar-refractivity contribution in [2.24, 2.45) is 0 Å². The molecule has 0 bridgehead atoms. The van der Waals surface area contributed by atoms with Gasteiger partial charge in [0.2, 0.25) is 0 Å². The summed E-state index contributed by atoms with van der Waals surface area (Å²) in [7, 11) is -3.19. The highest BCUT2D eigenvalue weighted by molar-refractivity contribution is 7.92. The number of carbonyl (C=O) groups excluding carboxylic acids is 1. The van der Waals surface area contributed by atoms with E-state index in [2.05, 4.69) is 5.10 Å². The molecule has 1 aromatic heterocycles. The van der Waals surface area contributed by atoms with Crippen molar-refractivity contribution < 1.29 is 13.2 Å². The number of nitrogens with zero attached hydrogens (tertiary/aromatic N) is 3. The van der Waals surface area contributed by atoms with Gasteiger partial charge in [0.15, 0.2) is 9.84 Å². The largest absolute Gasteiger partial charge is 0.338 e. The molecule has 1 amide bonds. The number of benzene rings is 1. The zero-order chi connectivity index (χ0) is 18.1. The molecular weight excluding hydrogens is 338 g/mol. The summed E-state index contributed by atoms with van der Waals surface area (Å²) >= 11 is 0. The van der Waals surface area contributed by atoms with Crippen molar-refractivity contribution in [1.82, 2.24) is 14.7 Å². The van der Waals surface area contributed by atoms with E-state index in [0.29, 0.717) is 25.1 Å². The molecule has 2 aromatic rings. The first-order valence-corrected chi connectivity index (χ1v) is 10.0. The third-order valence-electron chi connectivity index (χ3n) is 4.85. The normalized spacial score (nSPS) is 19.4. The summed E-state index contributed by atoms with van der Waals surface area (Å²) in [6.07, 6.45) is 4.07. The molecule has 1 saturated heterocycles. The number of amides is 1. The average Bonchev–Trinajstić information content (AvgIpc) is 3.04. The molecule has 0 unspecified atom stereocenters. The van der Waals surface area contributed by atoms with Gasteiger partial charge in [-0.3, -0.25) is 9.48 Å². The van der Waals surface area contributed by atoms with Crippen LogP contribution in [0.1, 0.15) is 36.2 Å². The van der Waals surface area contributed by atoms with Gasteiger partial charge < -0.3 is 4.90 Å². The molecule has 0 radical (unpaired) electrons. The topological polar surface area (TPSA) is 72.3 Å². The smallest absolute Gasteiger partial charge is 0.253 e. The van der Waals surface area contributed by atoms with E-state index in [0.717, 1.165) is 5.56 Å². The molecule has 0 atom stereocenters. The molecule has 134 valence electrons. The number of sulfone groups is 1. The second kappa shape index (κ2) is 6.63. The lowest BCUT2D eigenvalue weighted by molar-refractivity contribution is 0.0764. The maximum atomic E-state index is 12.7. The minimum Gasteiger partial charge on any atom is -0.338 e. The van der Waals surface area contributed by atoms with Gasteiger partial charge in [-0.1, -0.05) is 12.1 Å². The molecule has 0 spiro atoms. The second-order valence-corrected chi connectivity index (χ2v) is 9.76. The Morgan fingerprint density at radius 2 is 1.92 bits per heavy atom. The number of hydrogen-bond acceptors (Lipinski definition) is 4. The maximum absolute atomic E-state index is 12.7. The summed E-state index contributed by atoms with van der Waals surface area (Å²) < 4.78 is 25.6. The summed E-state index contributed by atoms with van der Waals surface area (Å²) in [6.45, 7) is 4.83. The van der Waals surface area contributed by atoms with E-state index in [1.165, 1.54) is 0 Å². The molecule has 0 aliphatic carbocycles. The predicted octanol–water partition coefficient (Wildman–Crippen LogP) is 1.97. The molecular formula is C18H23N3O3S. The van der Waals surface area contributed by atoms with Crippen molar-refractivity contribution in [3.8, 4) is 0 Å². The van der Waals surface area contributed by atoms with E-state index in [9.17, 15) is 13.2 Å². The van der Waals surface area contributed by atoms with E-state index in [4.69, 9.17) is 0 Å². The summed E-state index contributed by atoms with van der Waals surface area (Å²) in [5.74, 6) is -0.0955. The van der Waals surface area contributed by atoms with Gasteiger partial charge in [0, 0.05) is 31.0 Å². The lowest BCUT2D eigenvalue weighted by Crippen LogP contribution is -2.33. The van der Waals surface area contributed by atoms with E-state index in [1.807, 2.05) is 29.1 Å². The summed E-state index contributed by atoms with van der Waals surface area (Å²) in [6, 6.07) is 9.28. The van der Waals surface area contributed by atoms with Crippen molar-refractivity contribution in [2.45, 2.75) is 31.6 Å². The van der Waals surface area contributed by atoms with Crippen LogP contribution in [0.15, 0.2) is 42.7 Å². The van der Waals surface area contributed by atoms with Crippen LogP contribution in [0.5, 0.6) is 0 Å². The van der Waals surface area contributed by atoms with Crippen molar-refractivity contribution in [1.29, 1.82) is 0 Å². The van der Waals surface area contributed by atoms with E-state index in [-0.39, 0.29) is 18.2 Å². The zero-order valence-electron chi connectivity index (χ0n) is 14.6. The highest BCUT2D eigenvalue weighted by Gasteiger charge is 2.38. The SMILES string of the molecule is CC1(C)CCN(C(=O)c2ccc(Cn3cccn3)cc2)CCS1(=O)=O. The Morgan fingerprint density at radius 1 is 1.20 bits per heavy atom. The van der Waals surface area contributed by atoms with Crippen LogP contribution in [-0.2, 0) is 16.4 Å². The third-order valence-corrected chi connectivity index (χ3v) is 7.46. The van der Waals surface area contributed by atoms with Crippen molar-refractivity contribution >= 4 is 15.7 Å². The Morgan fingerprint density at radius 3 is 2.56 bits per heavy atom. The molecule has 6 nitrogen and oxygen atoms in total. The zero-order valence-corrected chi connectivity index (χ0v) is 15.4. The van der Waals surface area contributed by atoms with Crippen LogP contribution in [0.3, 0.4) is 0 Å². The Balaban J connectivity index is 1.70. The highest BCUT2D eigenvalue weighted by atomic mass is 32.2. The van der Waals surface area contributed by atoms with Crippen molar-refractivity contribution in [3.63, 3.8) is 0 Å². The number of aromatic nitrogens is 2. The first-order chi connectivity index (χ1) is 11.8. The molecule has 25 heavy (non-hydrogen) atoms. The van der Waals surface area contributed by atoms with Gasteiger partial charge in [-0.15, -0.1) is 0 Å². The highest BCUT2D eigenvalue weighted by Crippen LogP contribution is 2.25. The quantitative estimate of drug-likeness (QED) is 0.838. The van der Waals surface area contributed by atoms with Crippen LogP contribution in [0.2, 0.25) is 0 Å². The molecule has 1 aliphatic heterocycles. The van der Waals surface area contributed by atoms with Crippen molar-refractivity contribution in [2.75, 3.05) is 18.8 Å². The Hall–Kier alpha value is -2.15. The number of rotatable bonds is 3. The Labute approximate surface area is 148 Å². The summed E-state index contributed by atoms with van der Waals surface area (Å²) in [5, 5.41) is 4.16. The summed E-state index contributed by atoms with van der Waals surface area (Å²) in [5.41, 5.74) is 1.64.